The molecule has 0 saturated carbocycles. The monoisotopic (exact) mass is 570 g/mol. The third-order valence-electron chi connectivity index (χ3n) is 6.81. The van der Waals surface area contributed by atoms with Gasteiger partial charge >= 0.3 is 0 Å². The Balaban J connectivity index is 1.44. The number of sulfonamides is 1. The molecule has 0 spiro atoms. The van der Waals surface area contributed by atoms with E-state index in [1.807, 2.05) is 61.5 Å². The second-order valence-electron chi connectivity index (χ2n) is 9.77. The van der Waals surface area contributed by atoms with Crippen LogP contribution in [0, 0.1) is 5.82 Å². The van der Waals surface area contributed by atoms with E-state index in [1.165, 1.54) is 21.1 Å². The molecule has 0 radical (unpaired) electrons. The predicted octanol–water partition coefficient (Wildman–Crippen LogP) is 6.65. The third-order valence-corrected chi connectivity index (χ3v) is 8.65. The lowest BCUT2D eigenvalue weighted by atomic mass is 10.1. The third kappa shape index (κ3) is 6.53. The minimum atomic E-state index is -3.96. The van der Waals surface area contributed by atoms with E-state index in [0.717, 1.165) is 29.2 Å². The highest BCUT2D eigenvalue weighted by Crippen LogP contribution is 2.26. The van der Waals surface area contributed by atoms with Gasteiger partial charge in [0.15, 0.2) is 0 Å². The molecule has 0 saturated heterocycles. The summed E-state index contributed by atoms with van der Waals surface area (Å²) < 4.78 is 43.9. The van der Waals surface area contributed by atoms with Gasteiger partial charge in [0, 0.05) is 18.2 Å². The van der Waals surface area contributed by atoms with Gasteiger partial charge in [-0.2, -0.15) is 9.40 Å². The molecule has 0 fully saturated rings. The molecule has 4 aromatic carbocycles. The second-order valence-corrected chi connectivity index (χ2v) is 11.7. The zero-order valence-corrected chi connectivity index (χ0v) is 23.5. The van der Waals surface area contributed by atoms with E-state index < -0.39 is 21.7 Å². The number of amides is 1. The van der Waals surface area contributed by atoms with Gasteiger partial charge in [0.2, 0.25) is 15.9 Å². The van der Waals surface area contributed by atoms with Crippen LogP contribution in [-0.2, 0) is 14.8 Å². The molecule has 0 bridgehead atoms. The van der Waals surface area contributed by atoms with Crippen molar-refractivity contribution in [3.8, 4) is 16.9 Å². The van der Waals surface area contributed by atoms with Crippen molar-refractivity contribution in [1.82, 2.24) is 14.1 Å². The fourth-order valence-electron chi connectivity index (χ4n) is 4.64. The van der Waals surface area contributed by atoms with Crippen LogP contribution in [0.2, 0.25) is 0 Å². The van der Waals surface area contributed by atoms with Gasteiger partial charge in [-0.3, -0.25) is 4.79 Å². The van der Waals surface area contributed by atoms with Gasteiger partial charge < -0.3 is 5.32 Å². The first kappa shape index (κ1) is 28.2. The minimum Gasteiger partial charge on any atom is -0.309 e. The Morgan fingerprint density at radius 1 is 0.878 bits per heavy atom. The van der Waals surface area contributed by atoms with Crippen molar-refractivity contribution < 1.29 is 17.6 Å². The molecule has 7 nitrogen and oxygen atoms in total. The lowest BCUT2D eigenvalue weighted by molar-refractivity contribution is -0.116. The van der Waals surface area contributed by atoms with Gasteiger partial charge in [-0.25, -0.2) is 17.5 Å². The van der Waals surface area contributed by atoms with Crippen molar-refractivity contribution in [2.45, 2.75) is 31.1 Å². The smallest absolute Gasteiger partial charge is 0.243 e. The van der Waals surface area contributed by atoms with Crippen LogP contribution < -0.4 is 5.32 Å². The van der Waals surface area contributed by atoms with Crippen molar-refractivity contribution in [2.24, 2.45) is 0 Å². The van der Waals surface area contributed by atoms with E-state index in [0.29, 0.717) is 23.6 Å². The maximum atomic E-state index is 13.8. The maximum Gasteiger partial charge on any atom is 0.243 e. The van der Waals surface area contributed by atoms with Crippen LogP contribution >= 0.6 is 0 Å². The number of anilines is 1. The Kier molecular flexibility index (Phi) is 8.56. The lowest BCUT2D eigenvalue weighted by Gasteiger charge is -2.22. The van der Waals surface area contributed by atoms with E-state index in [2.05, 4.69) is 10.4 Å². The molecule has 0 unspecified atom stereocenters. The summed E-state index contributed by atoms with van der Waals surface area (Å²) in [6.45, 7) is 1.88. The average Bonchev–Trinajstić information content (AvgIpc) is 3.40. The number of benzene rings is 4. The minimum absolute atomic E-state index is 0.142. The number of nitrogens with one attached hydrogen (secondary N) is 1. The number of nitrogens with zero attached hydrogens (tertiary/aromatic N) is 3. The van der Waals surface area contributed by atoms with Crippen LogP contribution in [0.15, 0.2) is 108 Å². The summed E-state index contributed by atoms with van der Waals surface area (Å²) in [4.78, 5) is 13.6. The number of hydrogen-bond donors (Lipinski definition) is 1. The second kappa shape index (κ2) is 12.4. The fraction of sp³-hybridized carbons (Fsp3) is 0.188. The number of rotatable bonds is 11. The first-order valence-corrected chi connectivity index (χ1v) is 15.0. The summed E-state index contributed by atoms with van der Waals surface area (Å²) >= 11 is 0. The van der Waals surface area contributed by atoms with Crippen LogP contribution in [0.1, 0.15) is 26.2 Å². The number of carbonyl (C=O) groups excluding carboxylic acids is 1. The highest BCUT2D eigenvalue weighted by atomic mass is 32.2. The van der Waals surface area contributed by atoms with Crippen LogP contribution in [0.5, 0.6) is 0 Å². The van der Waals surface area contributed by atoms with Gasteiger partial charge in [-0.1, -0.05) is 80.4 Å². The Labute approximate surface area is 239 Å². The van der Waals surface area contributed by atoms with E-state index in [-0.39, 0.29) is 18.0 Å². The topological polar surface area (TPSA) is 84.3 Å². The van der Waals surface area contributed by atoms with Gasteiger partial charge in [-0.05, 0) is 53.6 Å². The van der Waals surface area contributed by atoms with E-state index in [9.17, 15) is 17.6 Å². The molecular weight excluding hydrogens is 539 g/mol. The number of unbranched alkanes of at least 4 members (excludes halogenated alkanes) is 2. The van der Waals surface area contributed by atoms with Crippen molar-refractivity contribution in [1.29, 1.82) is 0 Å². The first-order valence-electron chi connectivity index (χ1n) is 13.6. The first-order chi connectivity index (χ1) is 19.8. The molecule has 41 heavy (non-hydrogen) atoms. The Morgan fingerprint density at radius 3 is 2.32 bits per heavy atom. The van der Waals surface area contributed by atoms with E-state index in [1.54, 1.807) is 36.4 Å². The lowest BCUT2D eigenvalue weighted by Crippen LogP contribution is -2.39. The molecule has 1 amide bonds. The Morgan fingerprint density at radius 2 is 1.59 bits per heavy atom. The zero-order valence-electron chi connectivity index (χ0n) is 22.7. The highest BCUT2D eigenvalue weighted by molar-refractivity contribution is 7.89. The molecule has 1 N–H and O–H groups in total. The SMILES string of the molecule is CCCCCN(CC(=O)Nc1cc(-c2ccccc2)nn1-c1ccc(F)cc1)S(=O)(=O)c1ccc2ccccc2c1. The Hall–Kier alpha value is -4.34. The molecule has 1 aromatic heterocycles. The normalized spacial score (nSPS) is 11.7. The predicted molar refractivity (Wildman–Crippen MR) is 160 cm³/mol. The zero-order chi connectivity index (χ0) is 28.8. The molecular formula is C32H31FN4O3S. The van der Waals surface area contributed by atoms with Crippen molar-refractivity contribution in [3.05, 3.63) is 109 Å². The van der Waals surface area contributed by atoms with E-state index in [4.69, 9.17) is 0 Å². The summed E-state index contributed by atoms with van der Waals surface area (Å²) in [6.07, 6.45) is 2.38. The van der Waals surface area contributed by atoms with Crippen LogP contribution in [-0.4, -0.2) is 41.5 Å². The van der Waals surface area contributed by atoms with Gasteiger partial charge in [0.05, 0.1) is 22.8 Å². The molecule has 0 atom stereocenters. The number of halogens is 1. The van der Waals surface area contributed by atoms with Crippen molar-refractivity contribution in [3.63, 3.8) is 0 Å². The molecule has 0 aliphatic heterocycles. The fourth-order valence-corrected chi connectivity index (χ4v) is 6.11. The van der Waals surface area contributed by atoms with Gasteiger partial charge in [0.25, 0.3) is 0 Å². The summed E-state index contributed by atoms with van der Waals surface area (Å²) in [5.74, 6) is -0.554. The van der Waals surface area contributed by atoms with Crippen molar-refractivity contribution in [2.75, 3.05) is 18.4 Å². The van der Waals surface area contributed by atoms with Crippen LogP contribution in [0.25, 0.3) is 27.7 Å². The molecule has 0 aliphatic rings. The summed E-state index contributed by atoms with van der Waals surface area (Å²) in [5, 5.41) is 9.24. The highest BCUT2D eigenvalue weighted by Gasteiger charge is 2.27. The molecule has 1 heterocycles. The number of aromatic nitrogens is 2. The summed E-state index contributed by atoms with van der Waals surface area (Å²) in [5.41, 5.74) is 1.99. The Bertz CT molecular complexity index is 1750. The van der Waals surface area contributed by atoms with E-state index >= 15 is 0 Å². The molecule has 5 aromatic rings. The molecule has 5 rings (SSSR count). The summed E-state index contributed by atoms with van der Waals surface area (Å²) in [7, 11) is -3.96. The molecule has 9 heteroatoms. The quantitative estimate of drug-likeness (QED) is 0.180. The number of hydrogen-bond acceptors (Lipinski definition) is 4. The van der Waals surface area contributed by atoms with Crippen molar-refractivity contribution >= 4 is 32.5 Å². The van der Waals surface area contributed by atoms with Crippen LogP contribution in [0.3, 0.4) is 0 Å². The van der Waals surface area contributed by atoms with Gasteiger partial charge in [0.1, 0.15) is 11.6 Å². The number of fused-ring (bicyclic) bond motifs is 1. The maximum absolute atomic E-state index is 13.8. The average molecular weight is 571 g/mol. The number of carbonyl (C=O) groups is 1. The standard InChI is InChI=1S/C32H31FN4O3S/c1-2-3-9-20-36(41(39,40)29-19-14-24-10-7-8-13-26(24)21-29)23-32(38)34-31-22-30(25-11-5-4-6-12-25)35-37(31)28-17-15-27(33)16-18-28/h4-8,10-19,21-22H,2-3,9,20,23H2,1H3,(H,34,38). The largest absolute Gasteiger partial charge is 0.309 e. The molecule has 210 valence electrons. The summed E-state index contributed by atoms with van der Waals surface area (Å²) in [6, 6.07) is 29.5. The van der Waals surface area contributed by atoms with Gasteiger partial charge in [-0.15, -0.1) is 0 Å². The van der Waals surface area contributed by atoms with Crippen LogP contribution in [0.4, 0.5) is 10.2 Å². The molecule has 0 aliphatic carbocycles.